The van der Waals surface area contributed by atoms with E-state index in [1.165, 1.54) is 24.8 Å². The Morgan fingerprint density at radius 3 is 2.00 bits per heavy atom. The molecule has 0 saturated carbocycles. The molecule has 0 amide bonds. The Bertz CT molecular complexity index is 963. The molecule has 164 valence electrons. The van der Waals surface area contributed by atoms with Crippen LogP contribution in [0.15, 0.2) is 54.6 Å². The van der Waals surface area contributed by atoms with Gasteiger partial charge in [-0.25, -0.2) is 8.78 Å². The maximum Gasteiger partial charge on any atom is 0.127 e. The van der Waals surface area contributed by atoms with E-state index in [1.807, 2.05) is 19.1 Å². The Kier molecular flexibility index (Phi) is 8.40. The summed E-state index contributed by atoms with van der Waals surface area (Å²) < 4.78 is 29.4. The first-order valence-corrected chi connectivity index (χ1v) is 11.7. The van der Waals surface area contributed by atoms with E-state index in [2.05, 4.69) is 44.2 Å². The highest BCUT2D eigenvalue weighted by Crippen LogP contribution is 2.25. The minimum atomic E-state index is -0.217. The van der Waals surface area contributed by atoms with E-state index in [9.17, 15) is 8.78 Å². The third kappa shape index (κ3) is 6.26. The second-order valence-electron chi connectivity index (χ2n) is 8.58. The first-order valence-electron chi connectivity index (χ1n) is 11.7. The second-order valence-corrected chi connectivity index (χ2v) is 8.58. The molecule has 2 heteroatoms. The molecular formula is C29H34F2. The number of hydrogen-bond donors (Lipinski definition) is 0. The van der Waals surface area contributed by atoms with Gasteiger partial charge in [-0.3, -0.25) is 0 Å². The van der Waals surface area contributed by atoms with Crippen LogP contribution in [0.1, 0.15) is 67.3 Å². The summed E-state index contributed by atoms with van der Waals surface area (Å²) in [5, 5.41) is 0. The van der Waals surface area contributed by atoms with Crippen molar-refractivity contribution in [1.82, 2.24) is 0 Å². The fourth-order valence-electron chi connectivity index (χ4n) is 4.23. The third-order valence-corrected chi connectivity index (χ3v) is 6.07. The Morgan fingerprint density at radius 2 is 1.35 bits per heavy atom. The number of rotatable bonds is 10. The summed E-state index contributed by atoms with van der Waals surface area (Å²) in [5.74, 6) is -0.385. The normalized spacial score (nSPS) is 11.1. The van der Waals surface area contributed by atoms with Crippen LogP contribution in [-0.2, 0) is 25.7 Å². The van der Waals surface area contributed by atoms with Gasteiger partial charge < -0.3 is 0 Å². The molecule has 3 aromatic rings. The molecule has 31 heavy (non-hydrogen) atoms. The average Bonchev–Trinajstić information content (AvgIpc) is 2.75. The van der Waals surface area contributed by atoms with Crippen molar-refractivity contribution in [2.24, 2.45) is 0 Å². The number of unbranched alkanes of at least 4 members (excludes halogenated alkanes) is 2. The van der Waals surface area contributed by atoms with Gasteiger partial charge >= 0.3 is 0 Å². The first-order chi connectivity index (χ1) is 15.0. The Labute approximate surface area is 186 Å². The molecule has 0 atom stereocenters. The molecule has 0 unspecified atom stereocenters. The molecule has 0 aliphatic rings. The lowest BCUT2D eigenvalue weighted by Crippen LogP contribution is -2.02. The number of hydrogen-bond acceptors (Lipinski definition) is 0. The summed E-state index contributed by atoms with van der Waals surface area (Å²) in [6, 6.07) is 17.6. The number of aryl methyl sites for hydroxylation is 4. The quantitative estimate of drug-likeness (QED) is 0.289. The molecule has 3 rings (SSSR count). The Hall–Kier alpha value is -2.48. The highest BCUT2D eigenvalue weighted by Gasteiger charge is 2.11. The van der Waals surface area contributed by atoms with E-state index in [0.29, 0.717) is 24.0 Å². The average molecular weight is 421 g/mol. The summed E-state index contributed by atoms with van der Waals surface area (Å²) in [7, 11) is 0. The van der Waals surface area contributed by atoms with E-state index < -0.39 is 0 Å². The minimum Gasteiger partial charge on any atom is -0.207 e. The van der Waals surface area contributed by atoms with Crippen molar-refractivity contribution < 1.29 is 8.78 Å². The largest absolute Gasteiger partial charge is 0.207 e. The van der Waals surface area contributed by atoms with Gasteiger partial charge in [0.1, 0.15) is 11.6 Å². The van der Waals surface area contributed by atoms with Crippen LogP contribution in [0.25, 0.3) is 11.1 Å². The standard InChI is InChI=1S/C29H34F2/c1-4-6-7-9-22-10-12-24(13-11-22)26-15-14-25(28(30)20-26)16-17-27-21(3)18-23(8-5-2)19-29(27)31/h10-15,18-20H,4-9,16-17H2,1-3H3. The molecule has 0 aromatic heterocycles. The van der Waals surface area contributed by atoms with Gasteiger partial charge in [0.15, 0.2) is 0 Å². The van der Waals surface area contributed by atoms with Crippen LogP contribution in [-0.4, -0.2) is 0 Å². The lowest BCUT2D eigenvalue weighted by Gasteiger charge is -2.12. The number of halogens is 2. The summed E-state index contributed by atoms with van der Waals surface area (Å²) in [6.07, 6.45) is 7.66. The zero-order chi connectivity index (χ0) is 22.2. The van der Waals surface area contributed by atoms with E-state index in [4.69, 9.17) is 0 Å². The molecular weight excluding hydrogens is 386 g/mol. The maximum absolute atomic E-state index is 14.8. The predicted octanol–water partition coefficient (Wildman–Crippen LogP) is 8.41. The van der Waals surface area contributed by atoms with Crippen LogP contribution < -0.4 is 0 Å². The zero-order valence-corrected chi connectivity index (χ0v) is 19.1. The van der Waals surface area contributed by atoms with Crippen LogP contribution >= 0.6 is 0 Å². The van der Waals surface area contributed by atoms with Gasteiger partial charge in [0, 0.05) is 0 Å². The molecule has 0 spiro atoms. The van der Waals surface area contributed by atoms with Gasteiger partial charge in [-0.15, -0.1) is 0 Å². The van der Waals surface area contributed by atoms with E-state index >= 15 is 0 Å². The van der Waals surface area contributed by atoms with Crippen LogP contribution in [0.2, 0.25) is 0 Å². The zero-order valence-electron chi connectivity index (χ0n) is 19.1. The smallest absolute Gasteiger partial charge is 0.127 e. The van der Waals surface area contributed by atoms with Crippen molar-refractivity contribution in [1.29, 1.82) is 0 Å². The minimum absolute atomic E-state index is 0.167. The summed E-state index contributed by atoms with van der Waals surface area (Å²) in [6.45, 7) is 6.25. The SMILES string of the molecule is CCCCCc1ccc(-c2ccc(CCc3c(C)cc(CCC)cc3F)c(F)c2)cc1. The van der Waals surface area contributed by atoms with Gasteiger partial charge in [-0.1, -0.05) is 75.6 Å². The van der Waals surface area contributed by atoms with Crippen LogP contribution in [0.4, 0.5) is 8.78 Å². The molecule has 0 bridgehead atoms. The summed E-state index contributed by atoms with van der Waals surface area (Å²) in [5.41, 5.74) is 6.56. The second kappa shape index (κ2) is 11.2. The van der Waals surface area contributed by atoms with Crippen molar-refractivity contribution >= 4 is 0 Å². The predicted molar refractivity (Wildman–Crippen MR) is 128 cm³/mol. The topological polar surface area (TPSA) is 0 Å². The van der Waals surface area contributed by atoms with Crippen LogP contribution in [0.5, 0.6) is 0 Å². The van der Waals surface area contributed by atoms with Crippen molar-refractivity contribution in [3.05, 3.63) is 94.0 Å². The van der Waals surface area contributed by atoms with E-state index in [1.54, 1.807) is 12.1 Å². The van der Waals surface area contributed by atoms with Gasteiger partial charge in [0.05, 0.1) is 0 Å². The molecule has 0 heterocycles. The molecule has 0 aliphatic carbocycles. The molecule has 0 nitrogen and oxygen atoms in total. The van der Waals surface area contributed by atoms with Gasteiger partial charge in [-0.05, 0) is 90.1 Å². The molecule has 0 aliphatic heterocycles. The first kappa shape index (κ1) is 23.2. The van der Waals surface area contributed by atoms with Crippen molar-refractivity contribution in [3.63, 3.8) is 0 Å². The van der Waals surface area contributed by atoms with Gasteiger partial charge in [-0.2, -0.15) is 0 Å². The fourth-order valence-corrected chi connectivity index (χ4v) is 4.23. The Morgan fingerprint density at radius 1 is 0.613 bits per heavy atom. The highest BCUT2D eigenvalue weighted by atomic mass is 19.1. The highest BCUT2D eigenvalue weighted by molar-refractivity contribution is 5.64. The molecule has 0 N–H and O–H groups in total. The van der Waals surface area contributed by atoms with Gasteiger partial charge in [0.25, 0.3) is 0 Å². The Balaban J connectivity index is 1.67. The summed E-state index contributed by atoms with van der Waals surface area (Å²) >= 11 is 0. The third-order valence-electron chi connectivity index (χ3n) is 6.07. The molecule has 0 saturated heterocycles. The maximum atomic E-state index is 14.8. The fraction of sp³-hybridized carbons (Fsp3) is 0.379. The van der Waals surface area contributed by atoms with E-state index in [0.717, 1.165) is 41.5 Å². The molecule has 0 radical (unpaired) electrons. The number of benzene rings is 3. The van der Waals surface area contributed by atoms with Crippen LogP contribution in [0, 0.1) is 18.6 Å². The lowest BCUT2D eigenvalue weighted by atomic mass is 9.95. The van der Waals surface area contributed by atoms with Crippen molar-refractivity contribution in [2.75, 3.05) is 0 Å². The lowest BCUT2D eigenvalue weighted by molar-refractivity contribution is 0.592. The van der Waals surface area contributed by atoms with Crippen LogP contribution in [0.3, 0.4) is 0 Å². The monoisotopic (exact) mass is 420 g/mol. The molecule has 0 fully saturated rings. The molecule has 3 aromatic carbocycles. The summed E-state index contributed by atoms with van der Waals surface area (Å²) in [4.78, 5) is 0. The van der Waals surface area contributed by atoms with Crippen molar-refractivity contribution in [3.8, 4) is 11.1 Å². The van der Waals surface area contributed by atoms with Crippen molar-refractivity contribution in [2.45, 2.75) is 72.1 Å². The van der Waals surface area contributed by atoms with Gasteiger partial charge in [0.2, 0.25) is 0 Å². The van der Waals surface area contributed by atoms with E-state index in [-0.39, 0.29) is 11.6 Å².